The van der Waals surface area contributed by atoms with E-state index in [-0.39, 0.29) is 18.3 Å². The first-order valence-electron chi connectivity index (χ1n) is 10.9. The van der Waals surface area contributed by atoms with E-state index in [0.717, 1.165) is 36.0 Å². The van der Waals surface area contributed by atoms with Gasteiger partial charge in [0.05, 0.1) is 42.0 Å². The fraction of sp³-hybridized carbons (Fsp3) is 0.292. The minimum atomic E-state index is -0.826. The minimum absolute atomic E-state index is 0.0591. The molecule has 33 heavy (non-hydrogen) atoms. The summed E-state index contributed by atoms with van der Waals surface area (Å²) in [5.41, 5.74) is 3.34. The molecule has 3 N–H and O–H groups in total. The Morgan fingerprint density at radius 2 is 2.15 bits per heavy atom. The van der Waals surface area contributed by atoms with Crippen LogP contribution in [0.3, 0.4) is 0 Å². The lowest BCUT2D eigenvalue weighted by Gasteiger charge is -2.36. The number of carbonyl (C=O) groups is 1. The van der Waals surface area contributed by atoms with Crippen molar-refractivity contribution in [2.75, 3.05) is 34.8 Å². The summed E-state index contributed by atoms with van der Waals surface area (Å²) in [5.74, 6) is -0.0614. The molecular formula is C24H24FN5O3. The number of halogens is 1. The first kappa shape index (κ1) is 21.3. The molecule has 2 amide bonds. The molecule has 2 aliphatic heterocycles. The molecule has 1 fully saturated rings. The summed E-state index contributed by atoms with van der Waals surface area (Å²) in [6.07, 6.45) is 2.79. The number of benzene rings is 1. The van der Waals surface area contributed by atoms with Crippen LogP contribution >= 0.6 is 0 Å². The van der Waals surface area contributed by atoms with Crippen molar-refractivity contribution in [2.45, 2.75) is 25.0 Å². The van der Waals surface area contributed by atoms with Crippen LogP contribution in [0.15, 0.2) is 54.9 Å². The van der Waals surface area contributed by atoms with Gasteiger partial charge in [-0.05, 0) is 36.2 Å². The number of rotatable bonds is 5. The van der Waals surface area contributed by atoms with E-state index < -0.39 is 18.0 Å². The van der Waals surface area contributed by atoms with E-state index in [1.54, 1.807) is 4.90 Å². The number of anilines is 3. The standard InChI is InChI=1S/C24H24FN5O3/c25-19-12-26-8-6-21(19)28-24(33)30-17-7-9-29(13-17)22-5-4-20(27-23(22)30)16-3-1-2-15(10-16)11-18(32)14-31/h1-6,8,10,12,17-18,31-32H,7,9,11,13-14H2,(H,26,28,33)/t17-,18?/m0/s1. The van der Waals surface area contributed by atoms with Gasteiger partial charge in [-0.3, -0.25) is 9.88 Å². The average molecular weight is 449 g/mol. The highest BCUT2D eigenvalue weighted by molar-refractivity contribution is 6.04. The molecule has 170 valence electrons. The molecule has 2 aromatic heterocycles. The highest BCUT2D eigenvalue weighted by Crippen LogP contribution is 2.40. The van der Waals surface area contributed by atoms with Crippen molar-refractivity contribution >= 4 is 23.2 Å². The Morgan fingerprint density at radius 1 is 1.27 bits per heavy atom. The van der Waals surface area contributed by atoms with Gasteiger partial charge in [-0.2, -0.15) is 0 Å². The fourth-order valence-electron chi connectivity index (χ4n) is 4.48. The number of nitrogens with one attached hydrogen (secondary N) is 1. The normalized spacial score (nSPS) is 17.6. The number of aliphatic hydroxyl groups excluding tert-OH is 2. The highest BCUT2D eigenvalue weighted by atomic mass is 19.1. The van der Waals surface area contributed by atoms with Gasteiger partial charge in [-0.1, -0.05) is 18.2 Å². The Balaban J connectivity index is 1.49. The van der Waals surface area contributed by atoms with Gasteiger partial charge in [0.1, 0.15) is 0 Å². The van der Waals surface area contributed by atoms with E-state index in [2.05, 4.69) is 15.2 Å². The van der Waals surface area contributed by atoms with Gasteiger partial charge in [-0.15, -0.1) is 0 Å². The quantitative estimate of drug-likeness (QED) is 0.554. The second kappa shape index (κ2) is 8.76. The van der Waals surface area contributed by atoms with Gasteiger partial charge in [-0.25, -0.2) is 14.2 Å². The van der Waals surface area contributed by atoms with Crippen molar-refractivity contribution in [3.63, 3.8) is 0 Å². The van der Waals surface area contributed by atoms with Crippen LogP contribution in [0.25, 0.3) is 11.3 Å². The Morgan fingerprint density at radius 3 is 2.97 bits per heavy atom. The molecule has 9 heteroatoms. The number of aliphatic hydroxyl groups is 2. The Labute approximate surface area is 190 Å². The number of amides is 2. The molecule has 1 unspecified atom stereocenters. The molecule has 2 bridgehead atoms. The summed E-state index contributed by atoms with van der Waals surface area (Å²) in [6, 6.07) is 12.4. The number of aromatic nitrogens is 2. The number of hydrogen-bond donors (Lipinski definition) is 3. The van der Waals surface area contributed by atoms with Gasteiger partial charge in [0.2, 0.25) is 0 Å². The first-order valence-corrected chi connectivity index (χ1v) is 10.9. The largest absolute Gasteiger partial charge is 0.394 e. The molecule has 0 saturated carbocycles. The predicted molar refractivity (Wildman–Crippen MR) is 123 cm³/mol. The van der Waals surface area contributed by atoms with E-state index in [0.29, 0.717) is 24.5 Å². The summed E-state index contributed by atoms with van der Waals surface area (Å²) in [5, 5.41) is 21.6. The number of pyridine rings is 2. The van der Waals surface area contributed by atoms with Crippen LogP contribution in [0.1, 0.15) is 12.0 Å². The lowest BCUT2D eigenvalue weighted by molar-refractivity contribution is 0.0955. The van der Waals surface area contributed by atoms with Crippen LogP contribution in [-0.2, 0) is 6.42 Å². The summed E-state index contributed by atoms with van der Waals surface area (Å²) >= 11 is 0. The second-order valence-electron chi connectivity index (χ2n) is 8.32. The summed E-state index contributed by atoms with van der Waals surface area (Å²) in [4.78, 5) is 25.6. The lowest BCUT2D eigenvalue weighted by Crippen LogP contribution is -2.48. The van der Waals surface area contributed by atoms with Gasteiger partial charge in [0.25, 0.3) is 0 Å². The fourth-order valence-corrected chi connectivity index (χ4v) is 4.48. The zero-order valence-corrected chi connectivity index (χ0v) is 17.9. The zero-order chi connectivity index (χ0) is 22.9. The Hall–Kier alpha value is -3.56. The maximum absolute atomic E-state index is 14.1. The molecule has 2 aliphatic rings. The van der Waals surface area contributed by atoms with Crippen molar-refractivity contribution in [3.8, 4) is 11.3 Å². The van der Waals surface area contributed by atoms with E-state index in [9.17, 15) is 14.3 Å². The molecule has 2 atom stereocenters. The number of nitrogens with zero attached hydrogens (tertiary/aromatic N) is 4. The number of fused-ring (bicyclic) bond motifs is 4. The van der Waals surface area contributed by atoms with Crippen LogP contribution in [0.5, 0.6) is 0 Å². The highest BCUT2D eigenvalue weighted by Gasteiger charge is 2.40. The van der Waals surface area contributed by atoms with Gasteiger partial charge in [0, 0.05) is 31.3 Å². The van der Waals surface area contributed by atoms with Crippen LogP contribution in [0.4, 0.5) is 26.4 Å². The van der Waals surface area contributed by atoms with E-state index in [1.165, 1.54) is 12.3 Å². The zero-order valence-electron chi connectivity index (χ0n) is 17.9. The van der Waals surface area contributed by atoms with Gasteiger partial charge < -0.3 is 20.4 Å². The topological polar surface area (TPSA) is 102 Å². The maximum atomic E-state index is 14.1. The molecule has 0 radical (unpaired) electrons. The third-order valence-electron chi connectivity index (χ3n) is 6.09. The average Bonchev–Trinajstić information content (AvgIpc) is 3.24. The molecule has 8 nitrogen and oxygen atoms in total. The summed E-state index contributed by atoms with van der Waals surface area (Å²) in [7, 11) is 0. The van der Waals surface area contributed by atoms with Crippen LogP contribution in [-0.4, -0.2) is 58.1 Å². The van der Waals surface area contributed by atoms with Crippen molar-refractivity contribution in [1.82, 2.24) is 9.97 Å². The number of urea groups is 1. The molecule has 3 aromatic rings. The first-order chi connectivity index (χ1) is 16.0. The SMILES string of the molecule is O=C(Nc1ccncc1F)N1c2nc(-c3cccc(CC(O)CO)c3)ccc2N2CC[C@H]1C2. The van der Waals surface area contributed by atoms with E-state index in [4.69, 9.17) is 10.1 Å². The molecule has 0 spiro atoms. The van der Waals surface area contributed by atoms with Crippen molar-refractivity contribution in [2.24, 2.45) is 0 Å². The van der Waals surface area contributed by atoms with Crippen LogP contribution < -0.4 is 15.1 Å². The maximum Gasteiger partial charge on any atom is 0.327 e. The third-order valence-corrected chi connectivity index (χ3v) is 6.09. The molecular weight excluding hydrogens is 425 g/mol. The predicted octanol–water partition coefficient (Wildman–Crippen LogP) is 2.81. The Kier molecular flexibility index (Phi) is 5.65. The van der Waals surface area contributed by atoms with Crippen LogP contribution in [0, 0.1) is 5.82 Å². The van der Waals surface area contributed by atoms with Gasteiger partial charge >= 0.3 is 6.03 Å². The molecule has 5 rings (SSSR count). The molecule has 1 saturated heterocycles. The van der Waals surface area contributed by atoms with E-state index in [1.807, 2.05) is 36.4 Å². The summed E-state index contributed by atoms with van der Waals surface area (Å²) in [6.45, 7) is 1.22. The molecule has 4 heterocycles. The van der Waals surface area contributed by atoms with Crippen molar-refractivity contribution in [3.05, 3.63) is 66.2 Å². The smallest absolute Gasteiger partial charge is 0.327 e. The molecule has 0 aliphatic carbocycles. The minimum Gasteiger partial charge on any atom is -0.394 e. The van der Waals surface area contributed by atoms with Crippen molar-refractivity contribution in [1.29, 1.82) is 0 Å². The second-order valence-corrected chi connectivity index (χ2v) is 8.32. The van der Waals surface area contributed by atoms with Gasteiger partial charge in [0.15, 0.2) is 11.6 Å². The van der Waals surface area contributed by atoms with E-state index >= 15 is 0 Å². The monoisotopic (exact) mass is 449 g/mol. The number of hydrogen-bond acceptors (Lipinski definition) is 6. The Bertz CT molecular complexity index is 1190. The van der Waals surface area contributed by atoms with Crippen molar-refractivity contribution < 1.29 is 19.4 Å². The lowest BCUT2D eigenvalue weighted by atomic mass is 10.0. The summed E-state index contributed by atoms with van der Waals surface area (Å²) < 4.78 is 14.1. The number of carbonyl (C=O) groups excluding carboxylic acids is 1. The molecule has 1 aromatic carbocycles. The third kappa shape index (κ3) is 4.12. The van der Waals surface area contributed by atoms with Crippen LogP contribution in [0.2, 0.25) is 0 Å².